The van der Waals surface area contributed by atoms with Gasteiger partial charge in [0.05, 0.1) is 5.69 Å². The van der Waals surface area contributed by atoms with Crippen molar-refractivity contribution < 1.29 is 22.4 Å². The number of carbonyl (C=O) groups is 1. The Balaban J connectivity index is 2.20. The lowest BCUT2D eigenvalue weighted by atomic mass is 10.2. The molecule has 0 saturated heterocycles. The second-order valence-corrected chi connectivity index (χ2v) is 4.10. The Bertz CT molecular complexity index is 648. The molecule has 0 aliphatic heterocycles. The molecule has 20 heavy (non-hydrogen) atoms. The van der Waals surface area contributed by atoms with Gasteiger partial charge in [-0.3, -0.25) is 9.89 Å². The van der Waals surface area contributed by atoms with Gasteiger partial charge in [-0.05, 0) is 24.6 Å². The fourth-order valence-electron chi connectivity index (χ4n) is 1.50. The predicted molar refractivity (Wildman–Crippen MR) is 62.7 cm³/mol. The fraction of sp³-hybridized carbons (Fsp3) is 0.167. The number of hydrogen-bond acceptors (Lipinski definition) is 2. The monoisotopic (exact) mass is 287 g/mol. The number of halogens is 4. The first-order valence-electron chi connectivity index (χ1n) is 5.47. The first-order chi connectivity index (χ1) is 9.27. The number of nitrogens with one attached hydrogen (secondary N) is 2. The summed E-state index contributed by atoms with van der Waals surface area (Å²) in [6, 6.07) is 4.57. The minimum Gasteiger partial charge on any atom is -0.318 e. The molecular weight excluding hydrogens is 278 g/mol. The number of anilines is 1. The average molecular weight is 287 g/mol. The summed E-state index contributed by atoms with van der Waals surface area (Å²) in [5.41, 5.74) is -1.04. The van der Waals surface area contributed by atoms with Gasteiger partial charge in [-0.25, -0.2) is 4.39 Å². The lowest BCUT2D eigenvalue weighted by Crippen LogP contribution is -2.13. The molecule has 1 heterocycles. The Morgan fingerprint density at radius 2 is 2.00 bits per heavy atom. The first kappa shape index (κ1) is 14.0. The molecule has 0 aliphatic rings. The third-order valence-corrected chi connectivity index (χ3v) is 2.49. The maximum Gasteiger partial charge on any atom is 0.432 e. The zero-order valence-electron chi connectivity index (χ0n) is 10.2. The van der Waals surface area contributed by atoms with Gasteiger partial charge in [0.1, 0.15) is 11.5 Å². The van der Waals surface area contributed by atoms with Crippen molar-refractivity contribution in [2.75, 3.05) is 5.32 Å². The smallest absolute Gasteiger partial charge is 0.318 e. The summed E-state index contributed by atoms with van der Waals surface area (Å²) in [5.74, 6) is -1.61. The average Bonchev–Trinajstić information content (AvgIpc) is 2.83. The molecule has 1 aromatic heterocycles. The number of aryl methyl sites for hydroxylation is 1. The molecule has 2 N–H and O–H groups in total. The van der Waals surface area contributed by atoms with E-state index in [-0.39, 0.29) is 5.69 Å². The van der Waals surface area contributed by atoms with E-state index in [2.05, 4.69) is 10.4 Å². The van der Waals surface area contributed by atoms with E-state index < -0.39 is 29.3 Å². The second kappa shape index (κ2) is 4.95. The van der Waals surface area contributed by atoms with E-state index in [4.69, 9.17) is 0 Å². The van der Waals surface area contributed by atoms with Gasteiger partial charge in [0, 0.05) is 6.07 Å². The van der Waals surface area contributed by atoms with Gasteiger partial charge < -0.3 is 5.32 Å². The minimum absolute atomic E-state index is 0.119. The maximum atomic E-state index is 13.4. The van der Waals surface area contributed by atoms with Crippen LogP contribution in [-0.2, 0) is 6.18 Å². The first-order valence-corrected chi connectivity index (χ1v) is 5.47. The molecule has 0 radical (unpaired) electrons. The van der Waals surface area contributed by atoms with Crippen molar-refractivity contribution in [1.82, 2.24) is 10.2 Å². The van der Waals surface area contributed by atoms with Crippen LogP contribution in [0.5, 0.6) is 0 Å². The van der Waals surface area contributed by atoms with Crippen LogP contribution in [0.1, 0.15) is 21.7 Å². The molecule has 0 aliphatic carbocycles. The molecule has 1 aromatic carbocycles. The van der Waals surface area contributed by atoms with E-state index in [1.54, 1.807) is 12.0 Å². The number of rotatable bonds is 2. The van der Waals surface area contributed by atoms with Crippen LogP contribution in [0, 0.1) is 12.7 Å². The molecule has 0 bridgehead atoms. The highest BCUT2D eigenvalue weighted by molar-refractivity contribution is 6.03. The molecule has 8 heteroatoms. The topological polar surface area (TPSA) is 57.8 Å². The summed E-state index contributed by atoms with van der Waals surface area (Å²) in [6.07, 6.45) is -4.62. The second-order valence-electron chi connectivity index (χ2n) is 4.10. The van der Waals surface area contributed by atoms with Crippen LogP contribution < -0.4 is 5.32 Å². The molecule has 4 nitrogen and oxygen atoms in total. The summed E-state index contributed by atoms with van der Waals surface area (Å²) >= 11 is 0. The number of benzene rings is 1. The SMILES string of the molecule is Cc1ccc(F)c(NC(=O)c2cc(C(F)(F)F)[nH]n2)c1. The third kappa shape index (κ3) is 2.95. The highest BCUT2D eigenvalue weighted by Gasteiger charge is 2.33. The summed E-state index contributed by atoms with van der Waals surface area (Å²) in [4.78, 5) is 11.7. The van der Waals surface area contributed by atoms with Crippen molar-refractivity contribution in [3.8, 4) is 0 Å². The van der Waals surface area contributed by atoms with Crippen LogP contribution in [0.25, 0.3) is 0 Å². The van der Waals surface area contributed by atoms with Gasteiger partial charge in [0.2, 0.25) is 0 Å². The van der Waals surface area contributed by atoms with Gasteiger partial charge in [-0.15, -0.1) is 0 Å². The molecule has 106 valence electrons. The van der Waals surface area contributed by atoms with E-state index in [1.807, 2.05) is 0 Å². The zero-order valence-corrected chi connectivity index (χ0v) is 10.2. The molecule has 0 saturated carbocycles. The Morgan fingerprint density at radius 3 is 2.60 bits per heavy atom. The fourth-order valence-corrected chi connectivity index (χ4v) is 1.50. The third-order valence-electron chi connectivity index (χ3n) is 2.49. The van der Waals surface area contributed by atoms with Crippen LogP contribution in [0.4, 0.5) is 23.2 Å². The molecule has 2 rings (SSSR count). The number of nitrogens with zero attached hydrogens (tertiary/aromatic N) is 1. The Kier molecular flexibility index (Phi) is 3.47. The normalized spacial score (nSPS) is 11.4. The predicted octanol–water partition coefficient (Wildman–Crippen LogP) is 3.13. The molecule has 0 fully saturated rings. The molecule has 0 atom stereocenters. The van der Waals surface area contributed by atoms with Crippen molar-refractivity contribution in [2.45, 2.75) is 13.1 Å². The minimum atomic E-state index is -4.62. The quantitative estimate of drug-likeness (QED) is 0.834. The van der Waals surface area contributed by atoms with Gasteiger partial charge in [-0.2, -0.15) is 18.3 Å². The largest absolute Gasteiger partial charge is 0.432 e. The molecule has 2 aromatic rings. The Hall–Kier alpha value is -2.38. The van der Waals surface area contributed by atoms with Crippen LogP contribution >= 0.6 is 0 Å². The number of aromatic amines is 1. The van der Waals surface area contributed by atoms with Crippen LogP contribution in [-0.4, -0.2) is 16.1 Å². The molecule has 0 unspecified atom stereocenters. The number of H-pyrrole nitrogens is 1. The van der Waals surface area contributed by atoms with Crippen molar-refractivity contribution in [3.05, 3.63) is 47.0 Å². The Morgan fingerprint density at radius 1 is 1.30 bits per heavy atom. The molecule has 1 amide bonds. The van der Waals surface area contributed by atoms with Crippen molar-refractivity contribution in [1.29, 1.82) is 0 Å². The van der Waals surface area contributed by atoms with Crippen molar-refractivity contribution in [2.24, 2.45) is 0 Å². The van der Waals surface area contributed by atoms with Crippen LogP contribution in [0.15, 0.2) is 24.3 Å². The number of carbonyl (C=O) groups excluding carboxylic acids is 1. The van der Waals surface area contributed by atoms with E-state index in [0.29, 0.717) is 11.6 Å². The Labute approximate surface area is 110 Å². The van der Waals surface area contributed by atoms with Gasteiger partial charge in [0.25, 0.3) is 5.91 Å². The lowest BCUT2D eigenvalue weighted by molar-refractivity contribution is -0.141. The number of aromatic nitrogens is 2. The summed E-state index contributed by atoms with van der Waals surface area (Å²) in [7, 11) is 0. The zero-order chi connectivity index (χ0) is 14.9. The van der Waals surface area contributed by atoms with Gasteiger partial charge in [0.15, 0.2) is 5.69 Å². The van der Waals surface area contributed by atoms with E-state index in [0.717, 1.165) is 6.07 Å². The number of hydrogen-bond donors (Lipinski definition) is 2. The molecular formula is C12H9F4N3O. The highest BCUT2D eigenvalue weighted by atomic mass is 19.4. The maximum absolute atomic E-state index is 13.4. The van der Waals surface area contributed by atoms with E-state index in [9.17, 15) is 22.4 Å². The summed E-state index contributed by atoms with van der Waals surface area (Å²) in [6.45, 7) is 1.69. The van der Waals surface area contributed by atoms with Crippen molar-refractivity contribution in [3.63, 3.8) is 0 Å². The van der Waals surface area contributed by atoms with E-state index >= 15 is 0 Å². The lowest BCUT2D eigenvalue weighted by Gasteiger charge is -2.05. The molecule has 0 spiro atoms. The highest BCUT2D eigenvalue weighted by Crippen LogP contribution is 2.27. The summed E-state index contributed by atoms with van der Waals surface area (Å²) < 4.78 is 50.5. The van der Waals surface area contributed by atoms with Crippen LogP contribution in [0.2, 0.25) is 0 Å². The summed E-state index contributed by atoms with van der Waals surface area (Å²) in [5, 5.41) is 7.13. The van der Waals surface area contributed by atoms with Gasteiger partial charge >= 0.3 is 6.18 Å². The van der Waals surface area contributed by atoms with Crippen LogP contribution in [0.3, 0.4) is 0 Å². The van der Waals surface area contributed by atoms with Gasteiger partial charge in [-0.1, -0.05) is 6.07 Å². The standard InChI is InChI=1S/C12H9F4N3O/c1-6-2-3-7(13)8(4-6)17-11(20)9-5-10(19-18-9)12(14,15)16/h2-5H,1H3,(H,17,20)(H,18,19). The number of alkyl halides is 3. The van der Waals surface area contributed by atoms with E-state index in [1.165, 1.54) is 12.1 Å². The number of amides is 1. The van der Waals surface area contributed by atoms with Crippen molar-refractivity contribution >= 4 is 11.6 Å².